The number of likely N-dealkylation sites (tertiary alicyclic amines) is 1. The van der Waals surface area contributed by atoms with Crippen LogP contribution in [0.25, 0.3) is 22.0 Å². The van der Waals surface area contributed by atoms with Crippen LogP contribution in [0, 0.1) is 17.6 Å². The van der Waals surface area contributed by atoms with E-state index in [0.29, 0.717) is 16.7 Å². The van der Waals surface area contributed by atoms with E-state index in [1.807, 2.05) is 18.2 Å². The molecule has 1 saturated heterocycles. The maximum absolute atomic E-state index is 13.8. The summed E-state index contributed by atoms with van der Waals surface area (Å²) in [5.74, 6) is -1.02. The number of hydrogen-bond acceptors (Lipinski definition) is 4. The predicted octanol–water partition coefficient (Wildman–Crippen LogP) is 5.28. The summed E-state index contributed by atoms with van der Waals surface area (Å²) in [5.41, 5.74) is 3.33. The van der Waals surface area contributed by atoms with Crippen molar-refractivity contribution in [2.75, 3.05) is 25.5 Å². The quantitative estimate of drug-likeness (QED) is 0.570. The van der Waals surface area contributed by atoms with Gasteiger partial charge < -0.3 is 10.2 Å². The molecule has 0 atom stereocenters. The zero-order valence-corrected chi connectivity index (χ0v) is 17.5. The summed E-state index contributed by atoms with van der Waals surface area (Å²) in [5, 5.41) is 4.45. The third kappa shape index (κ3) is 4.17. The zero-order valence-electron chi connectivity index (χ0n) is 17.5. The maximum atomic E-state index is 13.8. The molecule has 31 heavy (non-hydrogen) atoms. The third-order valence-corrected chi connectivity index (χ3v) is 6.34. The van der Waals surface area contributed by atoms with E-state index < -0.39 is 11.6 Å². The Kier molecular flexibility index (Phi) is 5.18. The fourth-order valence-corrected chi connectivity index (χ4v) is 4.36. The van der Waals surface area contributed by atoms with E-state index in [1.165, 1.54) is 12.1 Å². The van der Waals surface area contributed by atoms with Gasteiger partial charge in [0.05, 0.1) is 16.8 Å². The molecule has 2 heterocycles. The van der Waals surface area contributed by atoms with E-state index in [1.54, 1.807) is 6.20 Å². The number of rotatable bonds is 5. The average molecular weight is 421 g/mol. The van der Waals surface area contributed by atoms with E-state index in [2.05, 4.69) is 22.2 Å². The largest absolute Gasteiger partial charge is 0.381 e. The fourth-order valence-electron chi connectivity index (χ4n) is 4.36. The van der Waals surface area contributed by atoms with Crippen molar-refractivity contribution >= 4 is 22.4 Å². The Bertz CT molecular complexity index is 1130. The van der Waals surface area contributed by atoms with Crippen molar-refractivity contribution < 1.29 is 13.6 Å². The van der Waals surface area contributed by atoms with Crippen molar-refractivity contribution in [3.63, 3.8) is 0 Å². The zero-order chi connectivity index (χ0) is 21.5. The lowest BCUT2D eigenvalue weighted by atomic mass is 9.97. The van der Waals surface area contributed by atoms with Gasteiger partial charge in [-0.1, -0.05) is 6.07 Å². The molecule has 1 aliphatic heterocycles. The summed E-state index contributed by atoms with van der Waals surface area (Å²) in [6.45, 7) is 2.00. The van der Waals surface area contributed by atoms with Crippen molar-refractivity contribution in [2.24, 2.45) is 5.92 Å². The smallest absolute Gasteiger partial charge is 0.169 e. The molecule has 1 aromatic heterocycles. The molecule has 4 nitrogen and oxygen atoms in total. The first-order valence-electron chi connectivity index (χ1n) is 10.9. The van der Waals surface area contributed by atoms with Crippen LogP contribution in [0.4, 0.5) is 14.5 Å². The standard InChI is InChI=1S/C25H25F2N3O/c1-30-8-6-20(7-9-30)29-24-21-12-16(17-10-18(26)13-19(27)11-17)4-5-23(21)28-14-22(24)25(31)15-2-3-15/h4-5,10-15,20H,2-3,6-9H2,1H3,(H,28,29). The maximum Gasteiger partial charge on any atom is 0.169 e. The van der Waals surface area contributed by atoms with Gasteiger partial charge in [0.25, 0.3) is 0 Å². The van der Waals surface area contributed by atoms with Crippen LogP contribution in [0.1, 0.15) is 36.0 Å². The second-order valence-corrected chi connectivity index (χ2v) is 8.80. The van der Waals surface area contributed by atoms with Gasteiger partial charge in [0.1, 0.15) is 11.6 Å². The summed E-state index contributed by atoms with van der Waals surface area (Å²) in [7, 11) is 2.12. The molecule has 1 N–H and O–H groups in total. The van der Waals surface area contributed by atoms with Gasteiger partial charge in [-0.25, -0.2) is 8.78 Å². The number of hydrogen-bond donors (Lipinski definition) is 1. The molecule has 3 aromatic rings. The van der Waals surface area contributed by atoms with E-state index in [4.69, 9.17) is 0 Å². The Hall–Kier alpha value is -2.86. The molecule has 2 aliphatic rings. The first-order chi connectivity index (χ1) is 15.0. The molecule has 2 aromatic carbocycles. The van der Waals surface area contributed by atoms with Crippen molar-refractivity contribution in [3.05, 3.63) is 59.8 Å². The van der Waals surface area contributed by atoms with E-state index >= 15 is 0 Å². The SMILES string of the molecule is CN1CCC(Nc2c(C(=O)C3CC3)cnc3ccc(-c4cc(F)cc(F)c4)cc23)CC1. The van der Waals surface area contributed by atoms with Crippen LogP contribution in [0.15, 0.2) is 42.6 Å². The van der Waals surface area contributed by atoms with Crippen molar-refractivity contribution in [2.45, 2.75) is 31.7 Å². The number of piperidine rings is 1. The van der Waals surface area contributed by atoms with E-state index in [9.17, 15) is 13.6 Å². The fraction of sp³-hybridized carbons (Fsp3) is 0.360. The molecule has 0 bridgehead atoms. The van der Waals surface area contributed by atoms with E-state index in [-0.39, 0.29) is 17.7 Å². The Morgan fingerprint density at radius 3 is 2.39 bits per heavy atom. The summed E-state index contributed by atoms with van der Waals surface area (Å²) in [4.78, 5) is 19.9. The molecule has 160 valence electrons. The number of carbonyl (C=O) groups is 1. The highest BCUT2D eigenvalue weighted by Crippen LogP contribution is 2.38. The minimum atomic E-state index is -0.615. The number of carbonyl (C=O) groups excluding carboxylic acids is 1. The van der Waals surface area contributed by atoms with Crippen LogP contribution < -0.4 is 5.32 Å². The molecule has 0 unspecified atom stereocenters. The van der Waals surface area contributed by atoms with Crippen LogP contribution in [0.3, 0.4) is 0 Å². The second-order valence-electron chi connectivity index (χ2n) is 8.80. The number of benzene rings is 2. The van der Waals surface area contributed by atoms with Crippen LogP contribution in [-0.4, -0.2) is 41.8 Å². The highest BCUT2D eigenvalue weighted by Gasteiger charge is 2.33. The number of pyridine rings is 1. The molecule has 1 saturated carbocycles. The van der Waals surface area contributed by atoms with Crippen LogP contribution in [-0.2, 0) is 0 Å². The number of nitrogens with zero attached hydrogens (tertiary/aromatic N) is 2. The normalized spacial score (nSPS) is 17.8. The lowest BCUT2D eigenvalue weighted by Crippen LogP contribution is -2.37. The van der Waals surface area contributed by atoms with Gasteiger partial charge in [-0.3, -0.25) is 9.78 Å². The summed E-state index contributed by atoms with van der Waals surface area (Å²) >= 11 is 0. The number of anilines is 1. The van der Waals surface area contributed by atoms with Gasteiger partial charge >= 0.3 is 0 Å². The Balaban J connectivity index is 1.61. The average Bonchev–Trinajstić information content (AvgIpc) is 3.59. The first kappa shape index (κ1) is 20.1. The first-order valence-corrected chi connectivity index (χ1v) is 10.9. The van der Waals surface area contributed by atoms with Gasteiger partial charge in [-0.05, 0) is 81.2 Å². The van der Waals surface area contributed by atoms with Crippen LogP contribution in [0.5, 0.6) is 0 Å². The molecule has 0 radical (unpaired) electrons. The summed E-state index contributed by atoms with van der Waals surface area (Å²) in [6, 6.07) is 9.32. The summed E-state index contributed by atoms with van der Waals surface area (Å²) in [6.07, 6.45) is 5.51. The number of nitrogens with one attached hydrogen (secondary N) is 1. The van der Waals surface area contributed by atoms with Crippen molar-refractivity contribution in [3.8, 4) is 11.1 Å². The number of halogens is 2. The van der Waals surface area contributed by atoms with Crippen molar-refractivity contribution in [1.29, 1.82) is 0 Å². The van der Waals surface area contributed by atoms with Gasteiger partial charge in [0.15, 0.2) is 5.78 Å². The lowest BCUT2D eigenvalue weighted by Gasteiger charge is -2.31. The molecule has 5 rings (SSSR count). The molecule has 2 fully saturated rings. The van der Waals surface area contributed by atoms with Gasteiger partial charge in [0, 0.05) is 29.6 Å². The molecule has 1 aliphatic carbocycles. The summed E-state index contributed by atoms with van der Waals surface area (Å²) < 4.78 is 27.6. The number of fused-ring (bicyclic) bond motifs is 1. The number of ketones is 1. The predicted molar refractivity (Wildman–Crippen MR) is 118 cm³/mol. The molecule has 0 spiro atoms. The molecular formula is C25H25F2N3O. The van der Waals surface area contributed by atoms with Crippen LogP contribution >= 0.6 is 0 Å². The highest BCUT2D eigenvalue weighted by atomic mass is 19.1. The minimum absolute atomic E-state index is 0.0813. The topological polar surface area (TPSA) is 45.2 Å². The number of aromatic nitrogens is 1. The van der Waals surface area contributed by atoms with Gasteiger partial charge in [-0.15, -0.1) is 0 Å². The molecule has 6 heteroatoms. The molecule has 0 amide bonds. The van der Waals surface area contributed by atoms with Gasteiger partial charge in [0.2, 0.25) is 0 Å². The second kappa shape index (κ2) is 8.00. The Morgan fingerprint density at radius 1 is 1.00 bits per heavy atom. The van der Waals surface area contributed by atoms with Crippen molar-refractivity contribution in [1.82, 2.24) is 9.88 Å². The Morgan fingerprint density at radius 2 is 1.71 bits per heavy atom. The van der Waals surface area contributed by atoms with Gasteiger partial charge in [-0.2, -0.15) is 0 Å². The van der Waals surface area contributed by atoms with E-state index in [0.717, 1.165) is 61.4 Å². The molecular weight excluding hydrogens is 396 g/mol. The lowest BCUT2D eigenvalue weighted by molar-refractivity contribution is 0.0968. The van der Waals surface area contributed by atoms with Crippen LogP contribution in [0.2, 0.25) is 0 Å². The Labute approximate surface area is 180 Å². The third-order valence-electron chi connectivity index (χ3n) is 6.34. The highest BCUT2D eigenvalue weighted by molar-refractivity contribution is 6.10. The number of Topliss-reactive ketones (excluding diaryl/α,β-unsaturated/α-hetero) is 1. The minimum Gasteiger partial charge on any atom is -0.381 e. The monoisotopic (exact) mass is 421 g/mol.